The van der Waals surface area contributed by atoms with Crippen molar-refractivity contribution in [1.82, 2.24) is 9.80 Å². The Bertz CT molecular complexity index is 872. The lowest BCUT2D eigenvalue weighted by Crippen LogP contribution is -2.75. The van der Waals surface area contributed by atoms with Crippen LogP contribution in [0, 0.1) is 11.3 Å². The molecule has 1 saturated carbocycles. The smallest absolute Gasteiger partial charge is 0.228 e. The molecule has 37 heavy (non-hydrogen) atoms. The SMILES string of the molecule is CO[NH2+]/C=C\C=C/CCN1CCC2(CCN(CCCc3ccccc3)CC2)C1=O.NC(=O)C1CCCC1. The van der Waals surface area contributed by atoms with Gasteiger partial charge in [-0.15, -0.1) is 0 Å². The highest BCUT2D eigenvalue weighted by Crippen LogP contribution is 2.41. The fourth-order valence-electron chi connectivity index (χ4n) is 5.73. The second-order valence-electron chi connectivity index (χ2n) is 10.6. The van der Waals surface area contributed by atoms with Gasteiger partial charge in [-0.2, -0.15) is 5.48 Å². The van der Waals surface area contributed by atoms with Crippen LogP contribution in [0.3, 0.4) is 0 Å². The molecular weight excluding hydrogens is 464 g/mol. The van der Waals surface area contributed by atoms with Crippen LogP contribution in [0.5, 0.6) is 0 Å². The number of hydrogen-bond donors (Lipinski definition) is 2. The van der Waals surface area contributed by atoms with Crippen LogP contribution in [-0.4, -0.2) is 61.4 Å². The Hall–Kier alpha value is -2.48. The van der Waals surface area contributed by atoms with Gasteiger partial charge in [-0.3, -0.25) is 9.59 Å². The molecule has 0 atom stereocenters. The van der Waals surface area contributed by atoms with Gasteiger partial charge in [-0.25, -0.2) is 4.84 Å². The first-order valence-corrected chi connectivity index (χ1v) is 14.1. The Kier molecular flexibility index (Phi) is 12.3. The summed E-state index contributed by atoms with van der Waals surface area (Å²) < 4.78 is 0. The minimum atomic E-state index is -0.109. The van der Waals surface area contributed by atoms with Gasteiger partial charge in [-0.05, 0) is 82.6 Å². The highest BCUT2D eigenvalue weighted by Gasteiger charge is 2.47. The number of benzene rings is 1. The lowest BCUT2D eigenvalue weighted by atomic mass is 9.77. The van der Waals surface area contributed by atoms with Crippen LogP contribution in [0.4, 0.5) is 0 Å². The first-order valence-electron chi connectivity index (χ1n) is 14.1. The summed E-state index contributed by atoms with van der Waals surface area (Å²) in [4.78, 5) is 33.0. The van der Waals surface area contributed by atoms with Crippen LogP contribution in [-0.2, 0) is 20.8 Å². The molecule has 2 aliphatic heterocycles. The monoisotopic (exact) mass is 511 g/mol. The highest BCUT2D eigenvalue weighted by molar-refractivity contribution is 5.85. The maximum atomic E-state index is 13.0. The number of piperidine rings is 1. The Morgan fingerprint density at radius 1 is 1.08 bits per heavy atom. The minimum absolute atomic E-state index is 0.0764. The van der Waals surface area contributed by atoms with Crippen LogP contribution in [0.1, 0.15) is 63.4 Å². The molecule has 2 saturated heterocycles. The summed E-state index contributed by atoms with van der Waals surface area (Å²) in [5, 5.41) is 0. The topological polar surface area (TPSA) is 92.5 Å². The van der Waals surface area contributed by atoms with Crippen molar-refractivity contribution in [3.63, 3.8) is 0 Å². The third-order valence-corrected chi connectivity index (χ3v) is 8.09. The summed E-state index contributed by atoms with van der Waals surface area (Å²) >= 11 is 0. The van der Waals surface area contributed by atoms with Crippen molar-refractivity contribution in [2.24, 2.45) is 17.1 Å². The largest absolute Gasteiger partial charge is 0.369 e. The number of quaternary nitrogens is 1. The van der Waals surface area contributed by atoms with Gasteiger partial charge < -0.3 is 15.5 Å². The molecule has 2 amide bonds. The van der Waals surface area contributed by atoms with Crippen molar-refractivity contribution in [2.45, 2.75) is 64.2 Å². The maximum absolute atomic E-state index is 13.0. The van der Waals surface area contributed by atoms with Crippen molar-refractivity contribution in [3.8, 4) is 0 Å². The summed E-state index contributed by atoms with van der Waals surface area (Å²) in [5.74, 6) is 0.496. The van der Waals surface area contributed by atoms with Crippen LogP contribution in [0.15, 0.2) is 54.8 Å². The number of nitrogens with two attached hydrogens (primary N) is 2. The maximum Gasteiger partial charge on any atom is 0.228 e. The summed E-state index contributed by atoms with van der Waals surface area (Å²) in [6.45, 7) is 5.03. The van der Waals surface area contributed by atoms with Gasteiger partial charge in [0.2, 0.25) is 11.8 Å². The van der Waals surface area contributed by atoms with E-state index in [2.05, 4.69) is 46.2 Å². The van der Waals surface area contributed by atoms with Gasteiger partial charge in [0.25, 0.3) is 0 Å². The summed E-state index contributed by atoms with van der Waals surface area (Å²) in [5.41, 5.74) is 8.05. The highest BCUT2D eigenvalue weighted by atomic mass is 16.6. The van der Waals surface area contributed by atoms with E-state index in [0.29, 0.717) is 5.91 Å². The van der Waals surface area contributed by atoms with E-state index in [1.807, 2.05) is 18.4 Å². The zero-order valence-electron chi connectivity index (χ0n) is 22.7. The van der Waals surface area contributed by atoms with Gasteiger partial charge in [0.05, 0.1) is 12.5 Å². The molecule has 4 rings (SSSR count). The van der Waals surface area contributed by atoms with E-state index in [9.17, 15) is 9.59 Å². The number of aryl methyl sites for hydroxylation is 1. The molecule has 2 heterocycles. The van der Waals surface area contributed by atoms with E-state index in [1.54, 1.807) is 12.6 Å². The van der Waals surface area contributed by atoms with Gasteiger partial charge in [0.1, 0.15) is 6.20 Å². The molecule has 3 aliphatic rings. The van der Waals surface area contributed by atoms with Crippen LogP contribution in [0.2, 0.25) is 0 Å². The first-order chi connectivity index (χ1) is 18.0. The lowest BCUT2D eigenvalue weighted by Gasteiger charge is -2.38. The summed E-state index contributed by atoms with van der Waals surface area (Å²) in [6, 6.07) is 10.7. The molecule has 1 spiro atoms. The molecular formula is C30H47N4O3+. The Morgan fingerprint density at radius 2 is 1.78 bits per heavy atom. The standard InChI is InChI=1S/C24H35N3O2.C6H11NO/c1-29-25-16-7-2-3-8-18-27-21-15-24(23(27)28)13-19-26(20-14-24)17-9-12-22-10-5-4-6-11-22;7-6(8)5-3-1-2-4-5/h2-7,10-11,16,25H,8-9,12-15,17-21H2,1H3;5H,1-4H2,(H2,7,8)/p+1/b3-2-,16-7-;. The van der Waals surface area contributed by atoms with E-state index < -0.39 is 0 Å². The van der Waals surface area contributed by atoms with E-state index in [4.69, 9.17) is 10.6 Å². The number of amides is 2. The van der Waals surface area contributed by atoms with Crippen molar-refractivity contribution in [3.05, 3.63) is 60.3 Å². The molecule has 1 aromatic rings. The summed E-state index contributed by atoms with van der Waals surface area (Å²) in [7, 11) is 1.64. The van der Waals surface area contributed by atoms with Gasteiger partial charge in [-0.1, -0.05) is 55.3 Å². The first kappa shape index (κ1) is 29.1. The number of likely N-dealkylation sites (tertiary alicyclic amines) is 2. The van der Waals surface area contributed by atoms with Gasteiger partial charge in [0.15, 0.2) is 0 Å². The minimum Gasteiger partial charge on any atom is -0.369 e. The second-order valence-corrected chi connectivity index (χ2v) is 10.6. The molecule has 204 valence electrons. The average molecular weight is 512 g/mol. The molecule has 7 nitrogen and oxygen atoms in total. The number of hydrogen-bond acceptors (Lipinski definition) is 4. The van der Waals surface area contributed by atoms with Crippen molar-refractivity contribution < 1.29 is 19.9 Å². The number of hydroxylamine groups is 1. The van der Waals surface area contributed by atoms with Crippen LogP contribution >= 0.6 is 0 Å². The number of carbonyl (C=O) groups is 2. The molecule has 0 unspecified atom stereocenters. The van der Waals surface area contributed by atoms with Gasteiger partial charge >= 0.3 is 0 Å². The third-order valence-electron chi connectivity index (χ3n) is 8.09. The van der Waals surface area contributed by atoms with Crippen LogP contribution in [0.25, 0.3) is 0 Å². The Labute approximate surface area is 223 Å². The van der Waals surface area contributed by atoms with E-state index in [1.165, 1.54) is 24.8 Å². The predicted molar refractivity (Wildman–Crippen MR) is 147 cm³/mol. The number of nitrogens with zero attached hydrogens (tertiary/aromatic N) is 2. The number of allylic oxidation sites excluding steroid dienone is 2. The molecule has 0 aromatic heterocycles. The number of carbonyl (C=O) groups excluding carboxylic acids is 2. The number of primary amides is 1. The summed E-state index contributed by atoms with van der Waals surface area (Å²) in [6.07, 6.45) is 18.7. The average Bonchev–Trinajstić information content (AvgIpc) is 3.56. The van der Waals surface area contributed by atoms with E-state index in [0.717, 1.165) is 77.7 Å². The zero-order valence-corrected chi connectivity index (χ0v) is 22.7. The molecule has 0 radical (unpaired) electrons. The second kappa shape index (κ2) is 15.7. The molecule has 7 heteroatoms. The number of rotatable bonds is 11. The molecule has 3 fully saturated rings. The zero-order chi connectivity index (χ0) is 26.3. The molecule has 4 N–H and O–H groups in total. The molecule has 1 aromatic carbocycles. The normalized spacial score (nSPS) is 20.2. The Morgan fingerprint density at radius 3 is 2.43 bits per heavy atom. The fourth-order valence-corrected chi connectivity index (χ4v) is 5.73. The molecule has 1 aliphatic carbocycles. The third kappa shape index (κ3) is 9.40. The quantitative estimate of drug-likeness (QED) is 0.353. The predicted octanol–water partition coefficient (Wildman–Crippen LogP) is 3.18. The van der Waals surface area contributed by atoms with Crippen molar-refractivity contribution in [1.29, 1.82) is 0 Å². The van der Waals surface area contributed by atoms with Crippen LogP contribution < -0.4 is 11.2 Å². The van der Waals surface area contributed by atoms with Gasteiger partial charge in [0, 0.05) is 19.0 Å². The molecule has 0 bridgehead atoms. The van der Waals surface area contributed by atoms with E-state index in [-0.39, 0.29) is 17.2 Å². The van der Waals surface area contributed by atoms with Crippen molar-refractivity contribution in [2.75, 3.05) is 39.8 Å². The Balaban J connectivity index is 0.000000405. The van der Waals surface area contributed by atoms with Crippen molar-refractivity contribution >= 4 is 11.8 Å². The lowest BCUT2D eigenvalue weighted by molar-refractivity contribution is -0.842. The fraction of sp³-hybridized carbons (Fsp3) is 0.600. The van der Waals surface area contributed by atoms with E-state index >= 15 is 0 Å².